The molecule has 0 aliphatic heterocycles. The largest absolute Gasteiger partial charge is 0.497 e. The molecule has 0 radical (unpaired) electrons. The molecule has 0 heterocycles. The van der Waals surface area contributed by atoms with Crippen LogP contribution in [0.1, 0.15) is 29.8 Å². The summed E-state index contributed by atoms with van der Waals surface area (Å²) in [6.07, 6.45) is 0.0354. The lowest BCUT2D eigenvalue weighted by molar-refractivity contribution is 0.0784. The van der Waals surface area contributed by atoms with E-state index in [1.807, 2.05) is 38.1 Å². The van der Waals surface area contributed by atoms with Crippen LogP contribution in [0.5, 0.6) is 17.2 Å². The van der Waals surface area contributed by atoms with Crippen molar-refractivity contribution in [2.45, 2.75) is 26.5 Å². The zero-order valence-corrected chi connectivity index (χ0v) is 15.4. The number of rotatable bonds is 7. The first-order valence-electron chi connectivity index (χ1n) is 8.17. The second-order valence-corrected chi connectivity index (χ2v) is 6.04. The minimum Gasteiger partial charge on any atom is -0.497 e. The Morgan fingerprint density at radius 3 is 2.24 bits per heavy atom. The summed E-state index contributed by atoms with van der Waals surface area (Å²) in [4.78, 5) is 14.3. The summed E-state index contributed by atoms with van der Waals surface area (Å²) in [6.45, 7) is 4.40. The van der Waals surface area contributed by atoms with E-state index in [-0.39, 0.29) is 12.0 Å². The normalized spacial score (nSPS) is 10.5. The lowest BCUT2D eigenvalue weighted by Crippen LogP contribution is -2.26. The maximum Gasteiger partial charge on any atom is 0.254 e. The van der Waals surface area contributed by atoms with Gasteiger partial charge in [0.2, 0.25) is 0 Å². The molecule has 25 heavy (non-hydrogen) atoms. The van der Waals surface area contributed by atoms with E-state index in [1.165, 1.54) is 0 Å². The van der Waals surface area contributed by atoms with Gasteiger partial charge in [0.05, 0.1) is 20.3 Å². The maximum absolute atomic E-state index is 12.7. The summed E-state index contributed by atoms with van der Waals surface area (Å²) in [5.41, 5.74) is 1.59. The molecule has 0 saturated heterocycles. The van der Waals surface area contributed by atoms with E-state index in [0.29, 0.717) is 23.6 Å². The SMILES string of the molecule is COc1ccc(CN(C)C(=O)c2ccc(OC(C)C)c(OC)c2)cc1. The van der Waals surface area contributed by atoms with E-state index in [4.69, 9.17) is 14.2 Å². The first kappa shape index (κ1) is 18.6. The molecule has 2 aromatic rings. The third-order valence-electron chi connectivity index (χ3n) is 3.70. The van der Waals surface area contributed by atoms with Crippen LogP contribution < -0.4 is 14.2 Å². The molecular weight excluding hydrogens is 318 g/mol. The predicted octanol–water partition coefficient (Wildman–Crippen LogP) is 3.76. The first-order valence-corrected chi connectivity index (χ1v) is 8.17. The van der Waals surface area contributed by atoms with Crippen LogP contribution in [0, 0.1) is 0 Å². The summed E-state index contributed by atoms with van der Waals surface area (Å²) >= 11 is 0. The molecule has 5 heteroatoms. The fourth-order valence-corrected chi connectivity index (χ4v) is 2.45. The van der Waals surface area contributed by atoms with Crippen molar-refractivity contribution in [3.05, 3.63) is 53.6 Å². The van der Waals surface area contributed by atoms with Crippen LogP contribution in [0.4, 0.5) is 0 Å². The molecule has 5 nitrogen and oxygen atoms in total. The summed E-state index contributed by atoms with van der Waals surface area (Å²) in [5, 5.41) is 0. The molecule has 0 bridgehead atoms. The Bertz CT molecular complexity index is 710. The monoisotopic (exact) mass is 343 g/mol. The second kappa shape index (κ2) is 8.42. The number of carbonyl (C=O) groups is 1. The molecule has 0 atom stereocenters. The third kappa shape index (κ3) is 4.89. The molecule has 2 aromatic carbocycles. The Kier molecular flexibility index (Phi) is 6.28. The van der Waals surface area contributed by atoms with Crippen molar-refractivity contribution >= 4 is 5.91 Å². The molecule has 2 rings (SSSR count). The Balaban J connectivity index is 2.12. The Morgan fingerprint density at radius 2 is 1.68 bits per heavy atom. The molecule has 0 spiro atoms. The van der Waals surface area contributed by atoms with Gasteiger partial charge in [-0.25, -0.2) is 0 Å². The van der Waals surface area contributed by atoms with E-state index < -0.39 is 0 Å². The number of methoxy groups -OCH3 is 2. The summed E-state index contributed by atoms with van der Waals surface area (Å²) in [7, 11) is 4.97. The van der Waals surface area contributed by atoms with Crippen molar-refractivity contribution < 1.29 is 19.0 Å². The molecule has 0 aromatic heterocycles. The summed E-state index contributed by atoms with van der Waals surface area (Å²) in [6, 6.07) is 12.9. The predicted molar refractivity (Wildman–Crippen MR) is 97.5 cm³/mol. The Morgan fingerprint density at radius 1 is 1.00 bits per heavy atom. The first-order chi connectivity index (χ1) is 11.9. The number of nitrogens with zero attached hydrogens (tertiary/aromatic N) is 1. The Labute approximate surface area is 149 Å². The molecular formula is C20H25NO4. The van der Waals surface area contributed by atoms with Crippen LogP contribution >= 0.6 is 0 Å². The van der Waals surface area contributed by atoms with E-state index in [0.717, 1.165) is 11.3 Å². The van der Waals surface area contributed by atoms with Crippen molar-refractivity contribution in [3.63, 3.8) is 0 Å². The number of benzene rings is 2. The Hall–Kier alpha value is -2.69. The number of carbonyl (C=O) groups excluding carboxylic acids is 1. The standard InChI is InChI=1S/C20H25NO4/c1-14(2)25-18-11-8-16(12-19(18)24-5)20(22)21(3)13-15-6-9-17(23-4)10-7-15/h6-12,14H,13H2,1-5H3. The maximum atomic E-state index is 12.7. The van der Waals surface area contributed by atoms with Gasteiger partial charge in [-0.3, -0.25) is 4.79 Å². The van der Waals surface area contributed by atoms with Crippen LogP contribution in [-0.2, 0) is 6.54 Å². The zero-order valence-electron chi connectivity index (χ0n) is 15.4. The van der Waals surface area contributed by atoms with Crippen LogP contribution in [0.15, 0.2) is 42.5 Å². The highest BCUT2D eigenvalue weighted by atomic mass is 16.5. The smallest absolute Gasteiger partial charge is 0.254 e. The van der Waals surface area contributed by atoms with Crippen molar-refractivity contribution in [1.82, 2.24) is 4.90 Å². The average molecular weight is 343 g/mol. The molecule has 0 fully saturated rings. The molecule has 0 saturated carbocycles. The highest BCUT2D eigenvalue weighted by molar-refractivity contribution is 5.94. The number of ether oxygens (including phenoxy) is 3. The highest BCUT2D eigenvalue weighted by Gasteiger charge is 2.16. The van der Waals surface area contributed by atoms with Gasteiger partial charge >= 0.3 is 0 Å². The van der Waals surface area contributed by atoms with Gasteiger partial charge in [0.25, 0.3) is 5.91 Å². The zero-order chi connectivity index (χ0) is 18.4. The fraction of sp³-hybridized carbons (Fsp3) is 0.350. The summed E-state index contributed by atoms with van der Waals surface area (Å²) in [5.74, 6) is 1.90. The average Bonchev–Trinajstić information content (AvgIpc) is 2.61. The minimum absolute atomic E-state index is 0.0354. The minimum atomic E-state index is -0.0785. The third-order valence-corrected chi connectivity index (χ3v) is 3.70. The van der Waals surface area contributed by atoms with Gasteiger partial charge in [0, 0.05) is 19.2 Å². The van der Waals surface area contributed by atoms with E-state index >= 15 is 0 Å². The van der Waals surface area contributed by atoms with Crippen LogP contribution in [-0.4, -0.2) is 38.2 Å². The molecule has 0 aliphatic carbocycles. The quantitative estimate of drug-likeness (QED) is 0.768. The van der Waals surface area contributed by atoms with Crippen LogP contribution in [0.2, 0.25) is 0 Å². The molecule has 1 amide bonds. The number of hydrogen-bond acceptors (Lipinski definition) is 4. The van der Waals surface area contributed by atoms with E-state index in [1.54, 1.807) is 44.4 Å². The topological polar surface area (TPSA) is 48.0 Å². The van der Waals surface area contributed by atoms with Crippen LogP contribution in [0.3, 0.4) is 0 Å². The van der Waals surface area contributed by atoms with Crippen molar-refractivity contribution in [3.8, 4) is 17.2 Å². The van der Waals surface area contributed by atoms with E-state index in [2.05, 4.69) is 0 Å². The molecule has 134 valence electrons. The van der Waals surface area contributed by atoms with Gasteiger partial charge in [0.1, 0.15) is 5.75 Å². The number of hydrogen-bond donors (Lipinski definition) is 0. The van der Waals surface area contributed by atoms with Gasteiger partial charge in [-0.1, -0.05) is 12.1 Å². The van der Waals surface area contributed by atoms with Gasteiger partial charge in [0.15, 0.2) is 11.5 Å². The van der Waals surface area contributed by atoms with Gasteiger partial charge in [-0.05, 0) is 49.7 Å². The lowest BCUT2D eigenvalue weighted by atomic mass is 10.1. The number of amides is 1. The van der Waals surface area contributed by atoms with E-state index in [9.17, 15) is 4.79 Å². The van der Waals surface area contributed by atoms with Gasteiger partial charge in [-0.2, -0.15) is 0 Å². The second-order valence-electron chi connectivity index (χ2n) is 6.04. The molecule has 0 aliphatic rings. The lowest BCUT2D eigenvalue weighted by Gasteiger charge is -2.19. The molecule has 0 unspecified atom stereocenters. The van der Waals surface area contributed by atoms with Crippen LogP contribution in [0.25, 0.3) is 0 Å². The van der Waals surface area contributed by atoms with Gasteiger partial charge in [-0.15, -0.1) is 0 Å². The van der Waals surface area contributed by atoms with Crippen molar-refractivity contribution in [1.29, 1.82) is 0 Å². The molecule has 0 N–H and O–H groups in total. The highest BCUT2D eigenvalue weighted by Crippen LogP contribution is 2.29. The summed E-state index contributed by atoms with van der Waals surface area (Å²) < 4.78 is 16.2. The fourth-order valence-electron chi connectivity index (χ4n) is 2.45. The van der Waals surface area contributed by atoms with Crippen molar-refractivity contribution in [2.75, 3.05) is 21.3 Å². The van der Waals surface area contributed by atoms with Gasteiger partial charge < -0.3 is 19.1 Å². The van der Waals surface area contributed by atoms with Crippen molar-refractivity contribution in [2.24, 2.45) is 0 Å².